The van der Waals surface area contributed by atoms with Gasteiger partial charge in [-0.05, 0) is 30.3 Å². The number of hydrogen-bond acceptors (Lipinski definition) is 6. The smallest absolute Gasteiger partial charge is 0.416 e. The molecule has 1 N–H and O–H groups in total. The lowest BCUT2D eigenvalue weighted by Crippen LogP contribution is -2.37. The summed E-state index contributed by atoms with van der Waals surface area (Å²) in [6.45, 7) is 1.94. The van der Waals surface area contributed by atoms with Crippen molar-refractivity contribution in [2.45, 2.75) is 12.6 Å². The van der Waals surface area contributed by atoms with Crippen molar-refractivity contribution < 1.29 is 37.0 Å². The number of alkyl halides is 3. The second-order valence-corrected chi connectivity index (χ2v) is 8.26. The van der Waals surface area contributed by atoms with Crippen LogP contribution in [0.15, 0.2) is 36.4 Å². The number of halogens is 3. The van der Waals surface area contributed by atoms with Crippen molar-refractivity contribution in [1.82, 2.24) is 0 Å². The molecule has 0 saturated carbocycles. The predicted molar refractivity (Wildman–Crippen MR) is 123 cm³/mol. The molecular weight excluding hydrogens is 467 g/mol. The van der Waals surface area contributed by atoms with Crippen LogP contribution in [0.4, 0.5) is 30.2 Å². The molecule has 2 amide bonds. The average molecular weight is 493 g/mol. The summed E-state index contributed by atoms with van der Waals surface area (Å²) >= 11 is 0. The Bertz CT molecular complexity index is 1100. The zero-order valence-corrected chi connectivity index (χ0v) is 19.4. The number of anilines is 3. The molecular formula is C24H26F3N3O5. The molecule has 188 valence electrons. The standard InChI is InChI=1S/C24H26F3N3O5/c1-33-20-6-4-17(13-21(20)34-2)30-14-15(11-22(30)31)23(32)28-18-12-16(24(25,26)27)3-5-19(18)29-7-9-35-10-8-29/h3-6,12-13,15H,7-11,14H2,1-2H3,(H,28,32). The molecule has 2 aliphatic rings. The lowest BCUT2D eigenvalue weighted by atomic mass is 10.1. The third-order valence-electron chi connectivity index (χ3n) is 6.11. The Kier molecular flexibility index (Phi) is 7.06. The summed E-state index contributed by atoms with van der Waals surface area (Å²) in [5.74, 6) is -0.588. The number of hydrogen-bond donors (Lipinski definition) is 1. The van der Waals surface area contributed by atoms with Crippen molar-refractivity contribution in [2.24, 2.45) is 5.92 Å². The van der Waals surface area contributed by atoms with E-state index in [1.165, 1.54) is 25.2 Å². The number of ether oxygens (including phenoxy) is 3. The first-order valence-electron chi connectivity index (χ1n) is 11.1. The predicted octanol–water partition coefficient (Wildman–Crippen LogP) is 3.55. The maximum atomic E-state index is 13.4. The average Bonchev–Trinajstić information content (AvgIpc) is 3.25. The second kappa shape index (κ2) is 10.0. The van der Waals surface area contributed by atoms with E-state index >= 15 is 0 Å². The van der Waals surface area contributed by atoms with Crippen LogP contribution in [0.2, 0.25) is 0 Å². The topological polar surface area (TPSA) is 80.3 Å². The first kappa shape index (κ1) is 24.6. The second-order valence-electron chi connectivity index (χ2n) is 8.26. The van der Waals surface area contributed by atoms with Gasteiger partial charge in [-0.25, -0.2) is 0 Å². The van der Waals surface area contributed by atoms with Crippen molar-refractivity contribution >= 4 is 28.9 Å². The Morgan fingerprint density at radius 1 is 1.06 bits per heavy atom. The van der Waals surface area contributed by atoms with E-state index < -0.39 is 23.6 Å². The third kappa shape index (κ3) is 5.29. The number of nitrogens with one attached hydrogen (secondary N) is 1. The molecule has 35 heavy (non-hydrogen) atoms. The fourth-order valence-electron chi connectivity index (χ4n) is 4.25. The minimum absolute atomic E-state index is 0.0590. The monoisotopic (exact) mass is 493 g/mol. The van der Waals surface area contributed by atoms with Gasteiger partial charge in [0.1, 0.15) is 0 Å². The molecule has 1 unspecified atom stereocenters. The number of benzene rings is 2. The molecule has 4 rings (SSSR count). The first-order chi connectivity index (χ1) is 16.7. The highest BCUT2D eigenvalue weighted by Crippen LogP contribution is 2.37. The third-order valence-corrected chi connectivity index (χ3v) is 6.11. The van der Waals surface area contributed by atoms with Crippen LogP contribution in [0.1, 0.15) is 12.0 Å². The molecule has 2 aromatic rings. The quantitative estimate of drug-likeness (QED) is 0.663. The molecule has 0 aromatic heterocycles. The van der Waals surface area contributed by atoms with Gasteiger partial charge < -0.3 is 29.3 Å². The van der Waals surface area contributed by atoms with Crippen LogP contribution in [0.25, 0.3) is 0 Å². The number of rotatable bonds is 6. The van der Waals surface area contributed by atoms with E-state index in [1.54, 1.807) is 18.2 Å². The minimum atomic E-state index is -4.56. The SMILES string of the molecule is COc1ccc(N2CC(C(=O)Nc3cc(C(F)(F)F)ccc3N3CCOCC3)CC2=O)cc1OC. The summed E-state index contributed by atoms with van der Waals surface area (Å²) in [5.41, 5.74) is 0.217. The van der Waals surface area contributed by atoms with Crippen molar-refractivity contribution in [3.8, 4) is 11.5 Å². The maximum absolute atomic E-state index is 13.4. The molecule has 2 aromatic carbocycles. The van der Waals surface area contributed by atoms with Gasteiger partial charge in [-0.2, -0.15) is 13.2 Å². The van der Waals surface area contributed by atoms with E-state index in [-0.39, 0.29) is 24.6 Å². The van der Waals surface area contributed by atoms with Gasteiger partial charge in [0.25, 0.3) is 0 Å². The minimum Gasteiger partial charge on any atom is -0.493 e. The molecule has 11 heteroatoms. The molecule has 0 radical (unpaired) electrons. The number of morpholine rings is 1. The molecule has 2 heterocycles. The van der Waals surface area contributed by atoms with Gasteiger partial charge in [0, 0.05) is 37.8 Å². The summed E-state index contributed by atoms with van der Waals surface area (Å²) in [7, 11) is 2.97. The highest BCUT2D eigenvalue weighted by molar-refractivity contribution is 6.04. The molecule has 0 aliphatic carbocycles. The van der Waals surface area contributed by atoms with Gasteiger partial charge in [-0.3, -0.25) is 9.59 Å². The maximum Gasteiger partial charge on any atom is 0.416 e. The molecule has 8 nitrogen and oxygen atoms in total. The van der Waals surface area contributed by atoms with E-state index in [9.17, 15) is 22.8 Å². The molecule has 2 fully saturated rings. The number of amides is 2. The number of carbonyl (C=O) groups excluding carboxylic acids is 2. The normalized spacial score (nSPS) is 18.5. The van der Waals surface area contributed by atoms with Crippen LogP contribution in [0, 0.1) is 5.92 Å². The fourth-order valence-corrected chi connectivity index (χ4v) is 4.25. The van der Waals surface area contributed by atoms with E-state index in [2.05, 4.69) is 5.32 Å². The van der Waals surface area contributed by atoms with E-state index in [0.29, 0.717) is 49.2 Å². The van der Waals surface area contributed by atoms with E-state index in [0.717, 1.165) is 12.1 Å². The summed E-state index contributed by atoms with van der Waals surface area (Å²) < 4.78 is 55.9. The summed E-state index contributed by atoms with van der Waals surface area (Å²) in [5, 5.41) is 2.65. The number of carbonyl (C=O) groups is 2. The van der Waals surface area contributed by atoms with Crippen LogP contribution in [0.5, 0.6) is 11.5 Å². The van der Waals surface area contributed by atoms with Gasteiger partial charge in [0.05, 0.1) is 50.3 Å². The Balaban J connectivity index is 1.55. The highest BCUT2D eigenvalue weighted by atomic mass is 19.4. The van der Waals surface area contributed by atoms with Crippen LogP contribution < -0.4 is 24.6 Å². The molecule has 0 spiro atoms. The van der Waals surface area contributed by atoms with Gasteiger partial charge in [0.15, 0.2) is 11.5 Å². The largest absolute Gasteiger partial charge is 0.493 e. The van der Waals surface area contributed by atoms with Crippen molar-refractivity contribution in [2.75, 3.05) is 62.2 Å². The summed E-state index contributed by atoms with van der Waals surface area (Å²) in [6, 6.07) is 8.28. The Hall–Kier alpha value is -3.47. The molecule has 1 atom stereocenters. The number of nitrogens with zero attached hydrogens (tertiary/aromatic N) is 2. The van der Waals surface area contributed by atoms with Crippen LogP contribution in [0.3, 0.4) is 0 Å². The van der Waals surface area contributed by atoms with Crippen molar-refractivity contribution in [1.29, 1.82) is 0 Å². The number of methoxy groups -OCH3 is 2. The van der Waals surface area contributed by atoms with Crippen LogP contribution in [-0.2, 0) is 20.5 Å². The zero-order valence-electron chi connectivity index (χ0n) is 19.4. The van der Waals surface area contributed by atoms with Crippen molar-refractivity contribution in [3.05, 3.63) is 42.0 Å². The highest BCUT2D eigenvalue weighted by Gasteiger charge is 2.37. The summed E-state index contributed by atoms with van der Waals surface area (Å²) in [4.78, 5) is 29.1. The lowest BCUT2D eigenvalue weighted by molar-refractivity contribution is -0.137. The molecule has 0 bridgehead atoms. The van der Waals surface area contributed by atoms with Gasteiger partial charge in [-0.1, -0.05) is 0 Å². The Morgan fingerprint density at radius 3 is 2.43 bits per heavy atom. The first-order valence-corrected chi connectivity index (χ1v) is 11.1. The fraction of sp³-hybridized carbons (Fsp3) is 0.417. The lowest BCUT2D eigenvalue weighted by Gasteiger charge is -2.31. The van der Waals surface area contributed by atoms with Gasteiger partial charge in [0.2, 0.25) is 11.8 Å². The van der Waals surface area contributed by atoms with Gasteiger partial charge in [-0.15, -0.1) is 0 Å². The van der Waals surface area contributed by atoms with Crippen LogP contribution in [-0.4, -0.2) is 58.9 Å². The molecule has 2 aliphatic heterocycles. The molecule has 2 saturated heterocycles. The van der Waals surface area contributed by atoms with E-state index in [4.69, 9.17) is 14.2 Å². The zero-order chi connectivity index (χ0) is 25.2. The van der Waals surface area contributed by atoms with E-state index in [1.807, 2.05) is 4.90 Å². The van der Waals surface area contributed by atoms with Crippen molar-refractivity contribution in [3.63, 3.8) is 0 Å². The van der Waals surface area contributed by atoms with Crippen LogP contribution >= 0.6 is 0 Å². The Labute approximate surface area is 200 Å². The summed E-state index contributed by atoms with van der Waals surface area (Å²) in [6.07, 6.45) is -4.62. The van der Waals surface area contributed by atoms with Gasteiger partial charge >= 0.3 is 6.18 Å². The Morgan fingerprint density at radius 2 is 1.77 bits per heavy atom.